The first kappa shape index (κ1) is 16.6. The van der Waals surface area contributed by atoms with Gasteiger partial charge in [0.05, 0.1) is 0 Å². The molecule has 0 radical (unpaired) electrons. The van der Waals surface area contributed by atoms with Crippen LogP contribution < -0.4 is 5.09 Å². The lowest BCUT2D eigenvalue weighted by atomic mass is 10.5. The molecule has 0 unspecified atom stereocenters. The van der Waals surface area contributed by atoms with Crippen LogP contribution >= 0.6 is 48.5 Å². The Hall–Kier alpha value is 0.160. The van der Waals surface area contributed by atoms with Crippen molar-refractivity contribution in [2.24, 2.45) is 0 Å². The van der Waals surface area contributed by atoms with Crippen molar-refractivity contribution in [1.82, 2.24) is 4.98 Å². The molecule has 0 saturated heterocycles. The summed E-state index contributed by atoms with van der Waals surface area (Å²) in [6.07, 6.45) is 1.44. The van der Waals surface area contributed by atoms with Crippen molar-refractivity contribution in [1.29, 1.82) is 0 Å². The molecule has 5 nitrogen and oxygen atoms in total. The summed E-state index contributed by atoms with van der Waals surface area (Å²) >= 11 is 3.14. The second-order valence-corrected chi connectivity index (χ2v) is 4.24. The number of halogens is 3. The lowest BCUT2D eigenvalue weighted by Crippen LogP contribution is -1.96. The number of rotatable bonds is 2. The number of anilines is 1. The first-order chi connectivity index (χ1) is 5.47. The molecule has 0 aromatic carbocycles. The van der Waals surface area contributed by atoms with Crippen LogP contribution in [-0.4, -0.2) is 14.8 Å². The molecule has 1 heterocycles. The highest BCUT2D eigenvalue weighted by Crippen LogP contribution is 2.34. The second kappa shape index (κ2) is 6.61. The van der Waals surface area contributed by atoms with Crippen LogP contribution in [-0.2, 0) is 4.57 Å². The van der Waals surface area contributed by atoms with E-state index >= 15 is 0 Å². The van der Waals surface area contributed by atoms with Crippen molar-refractivity contribution in [3.05, 3.63) is 22.8 Å². The van der Waals surface area contributed by atoms with Crippen LogP contribution in [0.3, 0.4) is 0 Å². The van der Waals surface area contributed by atoms with Crippen LogP contribution in [0.15, 0.2) is 22.8 Å². The Morgan fingerprint density at radius 2 is 1.93 bits per heavy atom. The van der Waals surface area contributed by atoms with Crippen molar-refractivity contribution >= 4 is 54.3 Å². The van der Waals surface area contributed by atoms with Gasteiger partial charge in [-0.3, -0.25) is 5.09 Å². The zero-order valence-electron chi connectivity index (χ0n) is 6.62. The molecule has 0 saturated carbocycles. The Morgan fingerprint density at radius 1 is 1.36 bits per heavy atom. The van der Waals surface area contributed by atoms with Crippen molar-refractivity contribution in [2.75, 3.05) is 5.09 Å². The summed E-state index contributed by atoms with van der Waals surface area (Å²) < 4.78 is 11.2. The van der Waals surface area contributed by atoms with Gasteiger partial charge in [-0.1, -0.05) is 0 Å². The highest BCUT2D eigenvalue weighted by atomic mass is 79.9. The molecule has 0 amide bonds. The standard InChI is InChI=1S/C5H6BrN2O3P.2ClH/c6-4-1-2-5(7-3-4)8-12(9,10)11;;/h1-3H,(H3,7,8,9,10,11);2*1H. The quantitative estimate of drug-likeness (QED) is 0.726. The number of hydrogen-bond donors (Lipinski definition) is 3. The predicted molar refractivity (Wildman–Crippen MR) is 62.1 cm³/mol. The molecule has 3 N–H and O–H groups in total. The lowest BCUT2D eigenvalue weighted by molar-refractivity contribution is 0.380. The number of pyridine rings is 1. The molecule has 0 aliphatic carbocycles. The highest BCUT2D eigenvalue weighted by molar-refractivity contribution is 9.10. The molecule has 82 valence electrons. The maximum Gasteiger partial charge on any atom is 0.428 e. The third-order valence-electron chi connectivity index (χ3n) is 0.988. The number of hydrogen-bond acceptors (Lipinski definition) is 2. The van der Waals surface area contributed by atoms with Gasteiger partial charge < -0.3 is 9.79 Å². The second-order valence-electron chi connectivity index (χ2n) is 2.02. The average molecular weight is 326 g/mol. The van der Waals surface area contributed by atoms with E-state index in [0.29, 0.717) is 0 Å². The fraction of sp³-hybridized carbons (Fsp3) is 0. The summed E-state index contributed by atoms with van der Waals surface area (Å²) in [4.78, 5) is 20.7. The van der Waals surface area contributed by atoms with Gasteiger partial charge in [-0.15, -0.1) is 24.8 Å². The van der Waals surface area contributed by atoms with E-state index < -0.39 is 7.75 Å². The van der Waals surface area contributed by atoms with Crippen molar-refractivity contribution < 1.29 is 14.4 Å². The molecule has 0 aliphatic rings. The SMILES string of the molecule is Cl.Cl.O=P(O)(O)Nc1ccc(Br)cn1. The topological polar surface area (TPSA) is 82.5 Å². The summed E-state index contributed by atoms with van der Waals surface area (Å²) in [6, 6.07) is 3.09. The molecule has 9 heteroatoms. The van der Waals surface area contributed by atoms with E-state index in [1.54, 1.807) is 6.07 Å². The van der Waals surface area contributed by atoms with Gasteiger partial charge in [-0.05, 0) is 28.1 Å². The number of aromatic nitrogens is 1. The maximum absolute atomic E-state index is 10.4. The molecule has 0 fully saturated rings. The van der Waals surface area contributed by atoms with Crippen LogP contribution in [0.25, 0.3) is 0 Å². The Labute approximate surface area is 101 Å². The minimum Gasteiger partial charge on any atom is -0.308 e. The van der Waals surface area contributed by atoms with Gasteiger partial charge >= 0.3 is 7.75 Å². The third-order valence-corrected chi connectivity index (χ3v) is 1.98. The Balaban J connectivity index is 0. The first-order valence-corrected chi connectivity index (χ1v) is 5.33. The van der Waals surface area contributed by atoms with E-state index in [9.17, 15) is 4.57 Å². The van der Waals surface area contributed by atoms with E-state index in [1.165, 1.54) is 12.3 Å². The van der Waals surface area contributed by atoms with Crippen LogP contribution in [0.5, 0.6) is 0 Å². The molecule has 0 spiro atoms. The molecule has 1 aromatic rings. The van der Waals surface area contributed by atoms with Gasteiger partial charge in [0.15, 0.2) is 0 Å². The zero-order chi connectivity index (χ0) is 9.19. The average Bonchev–Trinajstić information content (AvgIpc) is 1.91. The molecular weight excluding hydrogens is 318 g/mol. The largest absolute Gasteiger partial charge is 0.428 e. The van der Waals surface area contributed by atoms with E-state index in [4.69, 9.17) is 9.79 Å². The first-order valence-electron chi connectivity index (χ1n) is 2.93. The van der Waals surface area contributed by atoms with Gasteiger partial charge in [0.1, 0.15) is 5.82 Å². The number of nitrogens with one attached hydrogen (secondary N) is 1. The van der Waals surface area contributed by atoms with Crippen LogP contribution in [0.2, 0.25) is 0 Å². The zero-order valence-corrected chi connectivity index (χ0v) is 10.7. The minimum absolute atomic E-state index is 0. The Bertz CT molecular complexity index is 317. The summed E-state index contributed by atoms with van der Waals surface area (Å²) in [5, 5.41) is 1.94. The summed E-state index contributed by atoms with van der Waals surface area (Å²) in [5.41, 5.74) is 0. The number of nitrogens with zero attached hydrogens (tertiary/aromatic N) is 1. The molecule has 14 heavy (non-hydrogen) atoms. The van der Waals surface area contributed by atoms with Crippen LogP contribution in [0.4, 0.5) is 5.82 Å². The lowest BCUT2D eigenvalue weighted by Gasteiger charge is -2.05. The molecule has 0 atom stereocenters. The summed E-state index contributed by atoms with van der Waals surface area (Å²) in [7, 11) is -4.23. The van der Waals surface area contributed by atoms with Crippen molar-refractivity contribution in [3.63, 3.8) is 0 Å². The monoisotopic (exact) mass is 324 g/mol. The van der Waals surface area contributed by atoms with E-state index in [-0.39, 0.29) is 30.6 Å². The predicted octanol–water partition coefficient (Wildman–Crippen LogP) is 2.19. The van der Waals surface area contributed by atoms with Gasteiger partial charge in [0.25, 0.3) is 0 Å². The summed E-state index contributed by atoms with van der Waals surface area (Å²) in [5.74, 6) is 0.145. The van der Waals surface area contributed by atoms with E-state index in [0.717, 1.165) is 4.47 Å². The normalized spacial score (nSPS) is 9.64. The van der Waals surface area contributed by atoms with E-state index in [2.05, 4.69) is 20.9 Å². The van der Waals surface area contributed by atoms with Gasteiger partial charge in [0.2, 0.25) is 0 Å². The van der Waals surface area contributed by atoms with Gasteiger partial charge in [-0.2, -0.15) is 0 Å². The molecule has 1 aromatic heterocycles. The summed E-state index contributed by atoms with van der Waals surface area (Å²) in [6.45, 7) is 0. The van der Waals surface area contributed by atoms with Crippen LogP contribution in [0, 0.1) is 0 Å². The molecule has 0 bridgehead atoms. The highest BCUT2D eigenvalue weighted by Gasteiger charge is 2.12. The van der Waals surface area contributed by atoms with Crippen molar-refractivity contribution in [2.45, 2.75) is 0 Å². The fourth-order valence-corrected chi connectivity index (χ4v) is 1.26. The minimum atomic E-state index is -4.23. The van der Waals surface area contributed by atoms with Gasteiger partial charge in [-0.25, -0.2) is 9.55 Å². The smallest absolute Gasteiger partial charge is 0.308 e. The maximum atomic E-state index is 10.4. The Kier molecular flexibility index (Phi) is 7.83. The van der Waals surface area contributed by atoms with Crippen molar-refractivity contribution in [3.8, 4) is 0 Å². The van der Waals surface area contributed by atoms with E-state index in [1.807, 2.05) is 5.09 Å². The van der Waals surface area contributed by atoms with Crippen LogP contribution in [0.1, 0.15) is 0 Å². The fourth-order valence-electron chi connectivity index (χ4n) is 0.591. The third kappa shape index (κ3) is 6.59. The Morgan fingerprint density at radius 3 is 2.29 bits per heavy atom. The van der Waals surface area contributed by atoms with Gasteiger partial charge in [0, 0.05) is 10.7 Å². The molecule has 0 aliphatic heterocycles. The molecular formula is C5H8BrCl2N2O3P. The molecule has 1 rings (SSSR count).